The van der Waals surface area contributed by atoms with E-state index in [2.05, 4.69) is 20.7 Å². The Morgan fingerprint density at radius 2 is 1.77 bits per heavy atom. The van der Waals surface area contributed by atoms with Gasteiger partial charge in [-0.25, -0.2) is 9.07 Å². The lowest BCUT2D eigenvalue weighted by atomic mass is 10.1. The molecule has 30 heavy (non-hydrogen) atoms. The highest BCUT2D eigenvalue weighted by Crippen LogP contribution is 2.32. The van der Waals surface area contributed by atoms with Crippen molar-refractivity contribution in [3.63, 3.8) is 0 Å². The maximum Gasteiger partial charge on any atom is 0.416 e. The van der Waals surface area contributed by atoms with Gasteiger partial charge in [0.15, 0.2) is 5.96 Å². The first-order chi connectivity index (χ1) is 13.9. The van der Waals surface area contributed by atoms with E-state index in [1.165, 1.54) is 7.05 Å². The van der Waals surface area contributed by atoms with Gasteiger partial charge in [0, 0.05) is 31.9 Å². The van der Waals surface area contributed by atoms with Crippen LogP contribution in [-0.2, 0) is 19.3 Å². The first-order valence-corrected chi connectivity index (χ1v) is 8.76. The molecule has 3 aromatic rings. The summed E-state index contributed by atoms with van der Waals surface area (Å²) in [5.74, 6) is -0.617. The molecule has 0 aliphatic rings. The third kappa shape index (κ3) is 6.18. The van der Waals surface area contributed by atoms with Crippen molar-refractivity contribution in [1.82, 2.24) is 20.4 Å². The van der Waals surface area contributed by atoms with Crippen LogP contribution >= 0.6 is 24.0 Å². The SMILES string of the molecule is CN=C(NCc1cnn(-c2ccccc2)c1)NCc1ccc(F)cc1C(F)(F)F.I. The van der Waals surface area contributed by atoms with E-state index in [0.29, 0.717) is 18.6 Å². The summed E-state index contributed by atoms with van der Waals surface area (Å²) in [6.45, 7) is 0.222. The average molecular weight is 533 g/mol. The van der Waals surface area contributed by atoms with E-state index < -0.39 is 17.6 Å². The first-order valence-electron chi connectivity index (χ1n) is 8.76. The number of guanidine groups is 1. The minimum Gasteiger partial charge on any atom is -0.352 e. The van der Waals surface area contributed by atoms with E-state index in [0.717, 1.165) is 23.4 Å². The molecular formula is C20H20F4IN5. The molecule has 1 heterocycles. The fourth-order valence-corrected chi connectivity index (χ4v) is 2.73. The van der Waals surface area contributed by atoms with Crippen molar-refractivity contribution in [2.24, 2.45) is 4.99 Å². The van der Waals surface area contributed by atoms with Gasteiger partial charge in [-0.3, -0.25) is 4.99 Å². The highest BCUT2D eigenvalue weighted by atomic mass is 127. The molecule has 5 nitrogen and oxygen atoms in total. The van der Waals surface area contributed by atoms with Gasteiger partial charge in [0.05, 0.1) is 17.4 Å². The second-order valence-electron chi connectivity index (χ2n) is 6.21. The Morgan fingerprint density at radius 3 is 2.43 bits per heavy atom. The molecule has 0 saturated carbocycles. The number of hydrogen-bond donors (Lipinski definition) is 2. The minimum atomic E-state index is -4.64. The Hall–Kier alpha value is -2.63. The number of nitrogens with zero attached hydrogens (tertiary/aromatic N) is 3. The van der Waals surface area contributed by atoms with Crippen LogP contribution in [0.1, 0.15) is 16.7 Å². The molecule has 160 valence electrons. The first kappa shape index (κ1) is 23.6. The van der Waals surface area contributed by atoms with Crippen LogP contribution in [0.3, 0.4) is 0 Å². The minimum absolute atomic E-state index is 0. The van der Waals surface area contributed by atoms with Gasteiger partial charge in [-0.15, -0.1) is 24.0 Å². The third-order valence-electron chi connectivity index (χ3n) is 4.16. The summed E-state index contributed by atoms with van der Waals surface area (Å²) < 4.78 is 54.2. The van der Waals surface area contributed by atoms with Gasteiger partial charge in [0.25, 0.3) is 0 Å². The predicted molar refractivity (Wildman–Crippen MR) is 117 cm³/mol. The molecule has 0 aliphatic carbocycles. The fraction of sp³-hybridized carbons (Fsp3) is 0.200. The highest BCUT2D eigenvalue weighted by Gasteiger charge is 2.33. The zero-order chi connectivity index (χ0) is 20.9. The largest absolute Gasteiger partial charge is 0.416 e. The Kier molecular flexibility index (Phi) is 8.21. The van der Waals surface area contributed by atoms with Gasteiger partial charge in [-0.2, -0.15) is 18.3 Å². The maximum atomic E-state index is 13.2. The number of halogens is 5. The van der Waals surface area contributed by atoms with E-state index in [9.17, 15) is 17.6 Å². The molecule has 0 spiro atoms. The highest BCUT2D eigenvalue weighted by molar-refractivity contribution is 14.0. The molecule has 3 rings (SSSR count). The number of alkyl halides is 3. The predicted octanol–water partition coefficient (Wildman–Crippen LogP) is 4.51. The topological polar surface area (TPSA) is 54.2 Å². The van der Waals surface area contributed by atoms with Gasteiger partial charge in [0.2, 0.25) is 0 Å². The summed E-state index contributed by atoms with van der Waals surface area (Å²) in [5, 5.41) is 10.1. The van der Waals surface area contributed by atoms with Crippen molar-refractivity contribution in [2.45, 2.75) is 19.3 Å². The van der Waals surface area contributed by atoms with Crippen LogP contribution in [-0.4, -0.2) is 22.8 Å². The van der Waals surface area contributed by atoms with E-state index in [1.807, 2.05) is 36.5 Å². The average Bonchev–Trinajstić information content (AvgIpc) is 3.18. The number of aromatic nitrogens is 2. The maximum absolute atomic E-state index is 13.2. The molecule has 2 aromatic carbocycles. The summed E-state index contributed by atoms with van der Waals surface area (Å²) in [5.41, 5.74) is 0.704. The fourth-order valence-electron chi connectivity index (χ4n) is 2.73. The number of nitrogens with one attached hydrogen (secondary N) is 2. The Bertz CT molecular complexity index is 986. The Morgan fingerprint density at radius 1 is 1.07 bits per heavy atom. The monoisotopic (exact) mass is 533 g/mol. The third-order valence-corrected chi connectivity index (χ3v) is 4.16. The standard InChI is InChI=1S/C20H19F4N5.HI/c1-25-19(27-12-15-7-8-16(21)9-18(15)20(22,23)24)26-10-14-11-28-29(13-14)17-5-3-2-4-6-17;/h2-9,11,13H,10,12H2,1H3,(H2,25,26,27);1H. The lowest BCUT2D eigenvalue weighted by molar-refractivity contribution is -0.138. The second kappa shape index (κ2) is 10.4. The van der Waals surface area contributed by atoms with Crippen LogP contribution in [0, 0.1) is 5.82 Å². The number of hydrogen-bond acceptors (Lipinski definition) is 2. The molecule has 2 N–H and O–H groups in total. The van der Waals surface area contributed by atoms with Crippen LogP contribution in [0.15, 0.2) is 65.9 Å². The molecule has 0 fully saturated rings. The van der Waals surface area contributed by atoms with Crippen molar-refractivity contribution in [3.8, 4) is 5.69 Å². The Labute approximate surface area is 188 Å². The van der Waals surface area contributed by atoms with Crippen LogP contribution in [0.2, 0.25) is 0 Å². The van der Waals surface area contributed by atoms with Crippen LogP contribution in [0.4, 0.5) is 17.6 Å². The van der Waals surface area contributed by atoms with Gasteiger partial charge in [-0.05, 0) is 29.8 Å². The summed E-state index contributed by atoms with van der Waals surface area (Å²) in [7, 11) is 1.51. The van der Waals surface area contributed by atoms with Crippen molar-refractivity contribution in [3.05, 3.63) is 83.4 Å². The normalized spacial score (nSPS) is 11.7. The summed E-state index contributed by atoms with van der Waals surface area (Å²) in [6, 6.07) is 12.2. The number of aliphatic imine (C=N–C) groups is 1. The van der Waals surface area contributed by atoms with Crippen molar-refractivity contribution >= 4 is 29.9 Å². The van der Waals surface area contributed by atoms with Crippen LogP contribution in [0.5, 0.6) is 0 Å². The molecule has 0 radical (unpaired) electrons. The number of para-hydroxylation sites is 1. The molecule has 10 heteroatoms. The van der Waals surface area contributed by atoms with E-state index in [4.69, 9.17) is 0 Å². The lowest BCUT2D eigenvalue weighted by Crippen LogP contribution is -2.36. The Balaban J connectivity index is 0.00000320. The molecular weight excluding hydrogens is 513 g/mol. The molecule has 0 saturated heterocycles. The van der Waals surface area contributed by atoms with Gasteiger partial charge < -0.3 is 10.6 Å². The van der Waals surface area contributed by atoms with E-state index in [-0.39, 0.29) is 36.1 Å². The summed E-state index contributed by atoms with van der Waals surface area (Å²) in [4.78, 5) is 4.00. The zero-order valence-corrected chi connectivity index (χ0v) is 18.3. The second-order valence-corrected chi connectivity index (χ2v) is 6.21. The molecule has 0 aliphatic heterocycles. The van der Waals surface area contributed by atoms with Crippen LogP contribution < -0.4 is 10.6 Å². The van der Waals surface area contributed by atoms with Crippen molar-refractivity contribution in [1.29, 1.82) is 0 Å². The molecule has 0 bridgehead atoms. The van der Waals surface area contributed by atoms with Gasteiger partial charge in [-0.1, -0.05) is 24.3 Å². The van der Waals surface area contributed by atoms with Crippen molar-refractivity contribution < 1.29 is 17.6 Å². The molecule has 1 aromatic heterocycles. The van der Waals surface area contributed by atoms with Crippen molar-refractivity contribution in [2.75, 3.05) is 7.05 Å². The zero-order valence-electron chi connectivity index (χ0n) is 15.9. The number of rotatable bonds is 5. The molecule has 0 atom stereocenters. The van der Waals surface area contributed by atoms with Gasteiger partial charge in [0.1, 0.15) is 5.82 Å². The van der Waals surface area contributed by atoms with E-state index >= 15 is 0 Å². The number of benzene rings is 2. The van der Waals surface area contributed by atoms with E-state index in [1.54, 1.807) is 10.9 Å². The summed E-state index contributed by atoms with van der Waals surface area (Å²) in [6.07, 6.45) is -1.10. The smallest absolute Gasteiger partial charge is 0.352 e. The van der Waals surface area contributed by atoms with Crippen LogP contribution in [0.25, 0.3) is 5.69 Å². The lowest BCUT2D eigenvalue weighted by Gasteiger charge is -2.15. The molecule has 0 amide bonds. The van der Waals surface area contributed by atoms with Gasteiger partial charge >= 0.3 is 6.18 Å². The summed E-state index contributed by atoms with van der Waals surface area (Å²) >= 11 is 0. The molecule has 0 unspecified atom stereocenters. The quantitative estimate of drug-likeness (QED) is 0.220.